The maximum atomic E-state index is 12.9. The van der Waals surface area contributed by atoms with Gasteiger partial charge in [0, 0.05) is 28.1 Å². The Morgan fingerprint density at radius 1 is 1.08 bits per heavy atom. The second-order valence-corrected chi connectivity index (χ2v) is 6.48. The molecule has 0 aliphatic rings. The van der Waals surface area contributed by atoms with Crippen LogP contribution in [0.5, 0.6) is 5.88 Å². The highest BCUT2D eigenvalue weighted by molar-refractivity contribution is 6.19. The molecule has 0 spiro atoms. The van der Waals surface area contributed by atoms with Gasteiger partial charge in [0.25, 0.3) is 0 Å². The van der Waals surface area contributed by atoms with Crippen LogP contribution in [0.15, 0.2) is 41.2 Å². The predicted molar refractivity (Wildman–Crippen MR) is 98.3 cm³/mol. The summed E-state index contributed by atoms with van der Waals surface area (Å²) in [6.07, 6.45) is 0. The first-order valence-electron chi connectivity index (χ1n) is 8.09. The lowest BCUT2D eigenvalue weighted by atomic mass is 9.98. The van der Waals surface area contributed by atoms with E-state index in [4.69, 9.17) is 5.41 Å². The van der Waals surface area contributed by atoms with Crippen molar-refractivity contribution in [2.24, 2.45) is 0 Å². The Morgan fingerprint density at radius 3 is 2.52 bits per heavy atom. The van der Waals surface area contributed by atoms with E-state index < -0.39 is 0 Å². The Bertz CT molecular complexity index is 1230. The van der Waals surface area contributed by atoms with Crippen LogP contribution in [0, 0.1) is 5.41 Å². The Balaban J connectivity index is 2.23. The van der Waals surface area contributed by atoms with Gasteiger partial charge in [-0.05, 0) is 26.2 Å². The number of fused-ring (bicyclic) bond motifs is 2. The van der Waals surface area contributed by atoms with Gasteiger partial charge in [0.15, 0.2) is 5.43 Å². The summed E-state index contributed by atoms with van der Waals surface area (Å²) in [5, 5.41) is 26.3. The highest BCUT2D eigenvalue weighted by atomic mass is 16.3. The van der Waals surface area contributed by atoms with Crippen molar-refractivity contribution in [3.63, 3.8) is 0 Å². The molecular formula is C19H18N4O2. The second-order valence-electron chi connectivity index (χ2n) is 6.48. The van der Waals surface area contributed by atoms with Gasteiger partial charge < -0.3 is 15.4 Å². The number of aromatic nitrogens is 2. The van der Waals surface area contributed by atoms with Gasteiger partial charge in [-0.25, -0.2) is 4.68 Å². The van der Waals surface area contributed by atoms with E-state index in [9.17, 15) is 9.90 Å². The zero-order chi connectivity index (χ0) is 17.7. The van der Waals surface area contributed by atoms with Gasteiger partial charge >= 0.3 is 0 Å². The maximum absolute atomic E-state index is 12.9. The van der Waals surface area contributed by atoms with E-state index in [0.717, 1.165) is 11.9 Å². The van der Waals surface area contributed by atoms with E-state index in [2.05, 4.69) is 5.10 Å². The van der Waals surface area contributed by atoms with Crippen molar-refractivity contribution in [2.75, 3.05) is 20.6 Å². The molecule has 126 valence electrons. The number of hydrogen-bond acceptors (Lipinski definition) is 5. The maximum Gasteiger partial charge on any atom is 0.215 e. The lowest BCUT2D eigenvalue weighted by Crippen LogP contribution is -2.21. The van der Waals surface area contributed by atoms with Gasteiger partial charge in [-0.3, -0.25) is 4.79 Å². The van der Waals surface area contributed by atoms with Crippen LogP contribution in [-0.4, -0.2) is 40.4 Å². The zero-order valence-electron chi connectivity index (χ0n) is 14.1. The fraction of sp³-hybridized carbons (Fsp3) is 0.211. The van der Waals surface area contributed by atoms with Crippen molar-refractivity contribution >= 4 is 32.4 Å². The van der Waals surface area contributed by atoms with Crippen LogP contribution in [0.3, 0.4) is 0 Å². The van der Waals surface area contributed by atoms with Crippen molar-refractivity contribution in [1.82, 2.24) is 14.7 Å². The summed E-state index contributed by atoms with van der Waals surface area (Å²) in [5.74, 6) is 0.0223. The Labute approximate surface area is 143 Å². The molecule has 4 rings (SSSR count). The Kier molecular flexibility index (Phi) is 3.43. The van der Waals surface area contributed by atoms with Crippen molar-refractivity contribution in [3.05, 3.63) is 52.0 Å². The molecule has 0 aliphatic carbocycles. The topological polar surface area (TPSA) is 82.2 Å². The molecule has 0 saturated heterocycles. The van der Waals surface area contributed by atoms with Gasteiger partial charge in [0.05, 0.1) is 17.3 Å². The molecule has 4 aromatic rings. The molecular weight excluding hydrogens is 316 g/mol. The first-order valence-corrected chi connectivity index (χ1v) is 8.09. The van der Waals surface area contributed by atoms with Crippen molar-refractivity contribution in [3.8, 4) is 5.88 Å². The smallest absolute Gasteiger partial charge is 0.215 e. The number of nitrogens with one attached hydrogen (secondary N) is 1. The molecule has 0 amide bonds. The first kappa shape index (κ1) is 15.5. The van der Waals surface area contributed by atoms with Crippen LogP contribution < -0.4 is 10.8 Å². The fourth-order valence-corrected chi connectivity index (χ4v) is 3.29. The largest absolute Gasteiger partial charge is 0.493 e. The van der Waals surface area contributed by atoms with Crippen molar-refractivity contribution < 1.29 is 5.11 Å². The zero-order valence-corrected chi connectivity index (χ0v) is 14.1. The minimum Gasteiger partial charge on any atom is -0.493 e. The van der Waals surface area contributed by atoms with Crippen molar-refractivity contribution in [2.45, 2.75) is 6.54 Å². The summed E-state index contributed by atoms with van der Waals surface area (Å²) in [6.45, 7) is 1.25. The highest BCUT2D eigenvalue weighted by Crippen LogP contribution is 2.32. The average Bonchev–Trinajstić information content (AvgIpc) is 2.60. The molecule has 0 saturated carbocycles. The van der Waals surface area contributed by atoms with E-state index in [0.29, 0.717) is 33.6 Å². The summed E-state index contributed by atoms with van der Waals surface area (Å²) < 4.78 is 1.57. The molecule has 3 aromatic carbocycles. The monoisotopic (exact) mass is 334 g/mol. The number of likely N-dealkylation sites (N-methyl/N-ethyl adjacent to an activating group) is 1. The van der Waals surface area contributed by atoms with Gasteiger partial charge in [-0.15, -0.1) is 0 Å². The van der Waals surface area contributed by atoms with Crippen LogP contribution in [0.2, 0.25) is 0 Å². The Hall–Kier alpha value is -2.99. The van der Waals surface area contributed by atoms with E-state index in [1.54, 1.807) is 22.9 Å². The van der Waals surface area contributed by atoms with Crippen molar-refractivity contribution in [1.29, 1.82) is 5.41 Å². The molecule has 6 heteroatoms. The van der Waals surface area contributed by atoms with Crippen LogP contribution in [0.1, 0.15) is 0 Å². The first-order chi connectivity index (χ1) is 12.0. The van der Waals surface area contributed by atoms with E-state index in [1.165, 1.54) is 0 Å². The number of nitrogens with zero attached hydrogens (tertiary/aromatic N) is 3. The molecule has 0 aliphatic heterocycles. The minimum absolute atomic E-state index is 0.0223. The minimum atomic E-state index is -0.189. The van der Waals surface area contributed by atoms with Gasteiger partial charge in [0.1, 0.15) is 5.52 Å². The standard InChI is InChI=1S/C19H18N4O2/c1-22(2)9-10-23-19(25)13-7-8-14(20)16-15(13)17(21-23)11-5-3-4-6-12(11)18(16)24/h3-8,20,25H,9-10H2,1-2H3. The summed E-state index contributed by atoms with van der Waals surface area (Å²) in [4.78, 5) is 14.9. The number of rotatable bonds is 3. The molecule has 0 unspecified atom stereocenters. The Morgan fingerprint density at radius 2 is 1.80 bits per heavy atom. The van der Waals surface area contributed by atoms with Gasteiger partial charge in [-0.1, -0.05) is 24.3 Å². The van der Waals surface area contributed by atoms with Gasteiger partial charge in [-0.2, -0.15) is 5.10 Å². The number of hydrogen-bond donors (Lipinski definition) is 2. The van der Waals surface area contributed by atoms with E-state index >= 15 is 0 Å². The highest BCUT2D eigenvalue weighted by Gasteiger charge is 2.18. The predicted octanol–water partition coefficient (Wildman–Crippen LogP) is 1.89. The van der Waals surface area contributed by atoms with Crippen LogP contribution in [0.25, 0.3) is 32.4 Å². The lowest BCUT2D eigenvalue weighted by Gasteiger charge is -2.16. The number of aromatic hydroxyl groups is 1. The lowest BCUT2D eigenvalue weighted by molar-refractivity contribution is 0.340. The molecule has 25 heavy (non-hydrogen) atoms. The third-order valence-corrected chi connectivity index (χ3v) is 4.56. The number of benzene rings is 3. The quantitative estimate of drug-likeness (QED) is 0.443. The average molecular weight is 334 g/mol. The molecule has 0 atom stereocenters. The third-order valence-electron chi connectivity index (χ3n) is 4.56. The molecule has 0 fully saturated rings. The second kappa shape index (κ2) is 5.53. The SMILES string of the molecule is CN(C)CCn1nc2c3ccccc3c(=O)c3c(=N)ccc(c1O)c32. The van der Waals surface area contributed by atoms with E-state index in [1.807, 2.05) is 37.2 Å². The summed E-state index contributed by atoms with van der Waals surface area (Å²) in [6, 6.07) is 10.6. The van der Waals surface area contributed by atoms with Gasteiger partial charge in [0.2, 0.25) is 5.88 Å². The molecule has 1 heterocycles. The molecule has 2 N–H and O–H groups in total. The fourth-order valence-electron chi connectivity index (χ4n) is 3.29. The molecule has 0 bridgehead atoms. The van der Waals surface area contributed by atoms with Crippen LogP contribution in [0.4, 0.5) is 0 Å². The molecule has 0 radical (unpaired) electrons. The summed E-state index contributed by atoms with van der Waals surface area (Å²) >= 11 is 0. The third kappa shape index (κ3) is 2.26. The van der Waals surface area contributed by atoms with E-state index in [-0.39, 0.29) is 16.7 Å². The summed E-state index contributed by atoms with van der Waals surface area (Å²) in [5.41, 5.74) is 0.455. The summed E-state index contributed by atoms with van der Waals surface area (Å²) in [7, 11) is 3.92. The van der Waals surface area contributed by atoms with Crippen LogP contribution in [-0.2, 0) is 6.54 Å². The molecule has 6 nitrogen and oxygen atoms in total. The normalized spacial score (nSPS) is 12.0. The molecule has 1 aromatic heterocycles. The van der Waals surface area contributed by atoms with Crippen LogP contribution >= 0.6 is 0 Å².